The number of aliphatic hydroxyl groups is 1. The first-order valence-electron chi connectivity index (χ1n) is 6.85. The van der Waals surface area contributed by atoms with Crippen LogP contribution in [0.1, 0.15) is 17.7 Å². The van der Waals surface area contributed by atoms with Gasteiger partial charge in [0.15, 0.2) is 11.1 Å². The van der Waals surface area contributed by atoms with E-state index in [1.54, 1.807) is 0 Å². The van der Waals surface area contributed by atoms with E-state index in [-0.39, 0.29) is 29.5 Å². The Morgan fingerprint density at radius 3 is 2.74 bits per heavy atom. The van der Waals surface area contributed by atoms with Crippen molar-refractivity contribution in [1.29, 1.82) is 0 Å². The second-order valence-electron chi connectivity index (χ2n) is 5.02. The van der Waals surface area contributed by atoms with Crippen LogP contribution < -0.4 is 10.6 Å². The fraction of sp³-hybridized carbons (Fsp3) is 0.200. The molecule has 0 spiro atoms. The third-order valence-electron chi connectivity index (χ3n) is 3.37. The molecule has 118 valence electrons. The zero-order valence-corrected chi connectivity index (χ0v) is 13.0. The summed E-state index contributed by atoms with van der Waals surface area (Å²) in [5, 5.41) is 22.9. The first kappa shape index (κ1) is 15.2. The maximum absolute atomic E-state index is 12.4. The maximum atomic E-state index is 12.4. The Morgan fingerprint density at radius 1 is 1.30 bits per heavy atom. The zero-order valence-electron chi connectivity index (χ0n) is 12.2. The Bertz CT molecular complexity index is 1010. The first-order valence-corrected chi connectivity index (χ1v) is 7.66. The third-order valence-corrected chi connectivity index (χ3v) is 4.39. The van der Waals surface area contributed by atoms with Gasteiger partial charge in [0.2, 0.25) is 0 Å². The third kappa shape index (κ3) is 2.80. The van der Waals surface area contributed by atoms with Crippen LogP contribution in [0.25, 0.3) is 22.0 Å². The summed E-state index contributed by atoms with van der Waals surface area (Å²) in [5.74, 6) is -1.34. The van der Waals surface area contributed by atoms with Gasteiger partial charge in [0, 0.05) is 17.4 Å². The topological polar surface area (TPSA) is 105 Å². The van der Waals surface area contributed by atoms with Crippen LogP contribution in [-0.4, -0.2) is 30.8 Å². The Morgan fingerprint density at radius 2 is 2.09 bits per heavy atom. The van der Waals surface area contributed by atoms with Crippen LogP contribution in [-0.2, 0) is 4.79 Å². The molecule has 3 aromatic heterocycles. The molecule has 0 aliphatic carbocycles. The maximum Gasteiger partial charge on any atom is 0.303 e. The largest absolute Gasteiger partial charge is 0.511 e. The van der Waals surface area contributed by atoms with Gasteiger partial charge in [-0.2, -0.15) is 5.10 Å². The minimum atomic E-state index is -1.05. The molecule has 0 atom stereocenters. The lowest BCUT2D eigenvalue weighted by molar-refractivity contribution is -0.136. The normalized spacial score (nSPS) is 12.6. The molecule has 0 saturated heterocycles. The molecule has 0 unspecified atom stereocenters. The molecular formula is C15H13N3O4S. The number of hydrogen-bond acceptors (Lipinski definition) is 6. The molecule has 8 heteroatoms. The summed E-state index contributed by atoms with van der Waals surface area (Å²) in [6.07, 6.45) is 0.898. The summed E-state index contributed by atoms with van der Waals surface area (Å²) in [6, 6.07) is 5.22. The molecule has 0 radical (unpaired) electrons. The molecular weight excluding hydrogens is 318 g/mol. The standard InChI is InChI=1S/C15H13N3O4S/c1-8-2-4-12(23-8)9-6-11(20)14(10(19)3-5-13(21)22)15-16-7-17-18(9)15/h2,4,6-7,19H,3,5H2,1H3,(H,21,22)/b14-10-. The van der Waals surface area contributed by atoms with Gasteiger partial charge in [-0.25, -0.2) is 9.50 Å². The van der Waals surface area contributed by atoms with Gasteiger partial charge in [-0.15, -0.1) is 11.3 Å². The molecule has 0 fully saturated rings. The van der Waals surface area contributed by atoms with E-state index in [0.717, 1.165) is 9.75 Å². The summed E-state index contributed by atoms with van der Waals surface area (Å²) in [5.41, 5.74) is 0.409. The molecule has 3 aromatic rings. The van der Waals surface area contributed by atoms with E-state index >= 15 is 0 Å². The predicted octanol–water partition coefficient (Wildman–Crippen LogP) is 1.38. The number of fused-ring (bicyclic) bond motifs is 1. The number of aliphatic carboxylic acids is 1. The molecule has 0 amide bonds. The monoisotopic (exact) mass is 331 g/mol. The number of rotatable bonds is 4. The van der Waals surface area contributed by atoms with Gasteiger partial charge < -0.3 is 10.2 Å². The van der Waals surface area contributed by atoms with Crippen LogP contribution >= 0.6 is 11.3 Å². The van der Waals surface area contributed by atoms with E-state index in [1.807, 2.05) is 19.1 Å². The number of thiophene rings is 1. The lowest BCUT2D eigenvalue weighted by atomic mass is 10.2. The van der Waals surface area contributed by atoms with Crippen LogP contribution in [0, 0.1) is 6.92 Å². The van der Waals surface area contributed by atoms with Crippen molar-refractivity contribution in [3.63, 3.8) is 0 Å². The van der Waals surface area contributed by atoms with E-state index < -0.39 is 11.4 Å². The van der Waals surface area contributed by atoms with Gasteiger partial charge in [-0.1, -0.05) is 0 Å². The van der Waals surface area contributed by atoms with E-state index in [9.17, 15) is 14.7 Å². The number of carboxylic acid groups (broad SMARTS) is 1. The van der Waals surface area contributed by atoms with Crippen LogP contribution in [0.4, 0.5) is 0 Å². The Hall–Kier alpha value is -2.74. The molecule has 0 aromatic carbocycles. The number of aliphatic hydroxyl groups excluding tert-OH is 1. The second kappa shape index (κ2) is 5.81. The van der Waals surface area contributed by atoms with Crippen molar-refractivity contribution in [2.45, 2.75) is 19.8 Å². The average molecular weight is 331 g/mol. The average Bonchev–Trinajstić information content (AvgIpc) is 3.12. The zero-order chi connectivity index (χ0) is 16.6. The molecule has 7 nitrogen and oxygen atoms in total. The molecule has 0 saturated carbocycles. The van der Waals surface area contributed by atoms with E-state index in [0.29, 0.717) is 5.69 Å². The van der Waals surface area contributed by atoms with Crippen molar-refractivity contribution < 1.29 is 15.0 Å². The highest BCUT2D eigenvalue weighted by Crippen LogP contribution is 2.26. The van der Waals surface area contributed by atoms with Crippen molar-refractivity contribution in [2.24, 2.45) is 0 Å². The number of carbonyl (C=O) groups is 1. The summed E-state index contributed by atoms with van der Waals surface area (Å²) < 4.78 is 1.49. The number of hydrogen-bond donors (Lipinski definition) is 2. The van der Waals surface area contributed by atoms with Crippen LogP contribution in [0.3, 0.4) is 0 Å². The lowest BCUT2D eigenvalue weighted by Gasteiger charge is -2.03. The summed E-state index contributed by atoms with van der Waals surface area (Å²) >= 11 is 1.52. The number of aryl methyl sites for hydroxylation is 1. The van der Waals surface area contributed by atoms with Crippen molar-refractivity contribution >= 4 is 28.7 Å². The first-order chi connectivity index (χ1) is 11.0. The van der Waals surface area contributed by atoms with Gasteiger partial charge in [-0.3, -0.25) is 9.59 Å². The quantitative estimate of drug-likeness (QED) is 0.748. The van der Waals surface area contributed by atoms with Crippen molar-refractivity contribution in [3.05, 3.63) is 44.8 Å². The van der Waals surface area contributed by atoms with Gasteiger partial charge in [0.1, 0.15) is 17.3 Å². The number of nitrogens with zero attached hydrogens (tertiary/aromatic N) is 3. The van der Waals surface area contributed by atoms with Crippen molar-refractivity contribution in [1.82, 2.24) is 14.6 Å². The molecule has 0 bridgehead atoms. The Balaban J connectivity index is 2.25. The van der Waals surface area contributed by atoms with Crippen LogP contribution in [0.15, 0.2) is 29.3 Å². The van der Waals surface area contributed by atoms with E-state index in [1.165, 1.54) is 28.2 Å². The molecule has 3 heterocycles. The number of pyridine rings is 1. The number of carboxylic acids is 1. The van der Waals surface area contributed by atoms with E-state index in [4.69, 9.17) is 5.11 Å². The van der Waals surface area contributed by atoms with Crippen LogP contribution in [0.2, 0.25) is 0 Å². The smallest absolute Gasteiger partial charge is 0.303 e. The molecule has 2 N–H and O–H groups in total. The van der Waals surface area contributed by atoms with Crippen molar-refractivity contribution in [3.8, 4) is 10.6 Å². The Kier molecular flexibility index (Phi) is 3.83. The molecule has 23 heavy (non-hydrogen) atoms. The highest BCUT2D eigenvalue weighted by atomic mass is 32.1. The summed E-state index contributed by atoms with van der Waals surface area (Å²) in [7, 11) is 0. The molecule has 3 rings (SSSR count). The Labute approximate surface area is 134 Å². The highest BCUT2D eigenvalue weighted by molar-refractivity contribution is 7.15. The fourth-order valence-corrected chi connectivity index (χ4v) is 3.19. The van der Waals surface area contributed by atoms with E-state index in [2.05, 4.69) is 10.1 Å². The minimum Gasteiger partial charge on any atom is -0.511 e. The number of aromatic nitrogens is 3. The highest BCUT2D eigenvalue weighted by Gasteiger charge is 2.14. The minimum absolute atomic E-state index is 0.000720. The summed E-state index contributed by atoms with van der Waals surface area (Å²) in [4.78, 5) is 29.1. The van der Waals surface area contributed by atoms with Gasteiger partial charge in [0.05, 0.1) is 17.0 Å². The van der Waals surface area contributed by atoms with Crippen molar-refractivity contribution in [2.75, 3.05) is 0 Å². The van der Waals surface area contributed by atoms with Gasteiger partial charge in [0.25, 0.3) is 0 Å². The van der Waals surface area contributed by atoms with Gasteiger partial charge >= 0.3 is 5.97 Å². The predicted molar refractivity (Wildman–Crippen MR) is 85.4 cm³/mol. The fourth-order valence-electron chi connectivity index (χ4n) is 2.33. The van der Waals surface area contributed by atoms with Gasteiger partial charge in [-0.05, 0) is 19.1 Å². The SMILES string of the molecule is Cc1ccc(-c2cc(=O)/c(=C(/O)CCC(=O)O)c3ncnn23)s1. The summed E-state index contributed by atoms with van der Waals surface area (Å²) in [6.45, 7) is 1.96. The second-order valence-corrected chi connectivity index (χ2v) is 6.30. The lowest BCUT2D eigenvalue weighted by Crippen LogP contribution is -2.30. The molecule has 0 aliphatic rings. The van der Waals surface area contributed by atoms with Crippen LogP contribution in [0.5, 0.6) is 0 Å². The molecule has 0 aliphatic heterocycles.